The van der Waals surface area contributed by atoms with E-state index in [0.29, 0.717) is 0 Å². The Hall–Kier alpha value is -1.02. The van der Waals surface area contributed by atoms with Gasteiger partial charge < -0.3 is 9.80 Å². The molecular formula is C16H30N2. The van der Waals surface area contributed by atoms with E-state index in [-0.39, 0.29) is 0 Å². The fourth-order valence-electron chi connectivity index (χ4n) is 1.89. The van der Waals surface area contributed by atoms with Gasteiger partial charge in [0, 0.05) is 31.9 Å². The highest BCUT2D eigenvalue weighted by Crippen LogP contribution is 2.17. The lowest BCUT2D eigenvalue weighted by molar-refractivity contribution is 0.313. The molecule has 18 heavy (non-hydrogen) atoms. The van der Waals surface area contributed by atoms with Gasteiger partial charge in [-0.05, 0) is 31.7 Å². The zero-order valence-corrected chi connectivity index (χ0v) is 13.0. The van der Waals surface area contributed by atoms with Crippen molar-refractivity contribution < 1.29 is 0 Å². The van der Waals surface area contributed by atoms with Crippen molar-refractivity contribution >= 4 is 5.69 Å². The zero-order chi connectivity index (χ0) is 14.0. The van der Waals surface area contributed by atoms with Gasteiger partial charge in [-0.25, -0.2) is 0 Å². The molecule has 1 aliphatic heterocycles. The molecule has 1 heterocycles. The maximum Gasteiger partial charge on any atom is 0.0369 e. The second-order valence-electron chi connectivity index (χ2n) is 4.13. The van der Waals surface area contributed by atoms with Crippen molar-refractivity contribution in [1.29, 1.82) is 0 Å². The van der Waals surface area contributed by atoms with E-state index in [1.165, 1.54) is 24.3 Å². The second-order valence-corrected chi connectivity index (χ2v) is 4.13. The second kappa shape index (κ2) is 9.95. The summed E-state index contributed by atoms with van der Waals surface area (Å²) >= 11 is 0. The van der Waals surface area contributed by atoms with E-state index in [0.717, 1.165) is 13.1 Å². The molecule has 0 radical (unpaired) electrons. The van der Waals surface area contributed by atoms with E-state index in [2.05, 4.69) is 48.0 Å². The van der Waals surface area contributed by atoms with Crippen LogP contribution in [0.25, 0.3) is 0 Å². The molecule has 0 amide bonds. The SMILES string of the molecule is CC.CC.Cc1cccc(N2CCN(C)CC2)c1. The first-order valence-corrected chi connectivity index (χ1v) is 7.26. The van der Waals surface area contributed by atoms with Gasteiger partial charge in [-0.15, -0.1) is 0 Å². The minimum atomic E-state index is 1.15. The summed E-state index contributed by atoms with van der Waals surface area (Å²) in [6, 6.07) is 8.77. The topological polar surface area (TPSA) is 6.48 Å². The van der Waals surface area contributed by atoms with Crippen molar-refractivity contribution in [3.05, 3.63) is 29.8 Å². The first-order chi connectivity index (χ1) is 8.75. The molecule has 0 aromatic heterocycles. The van der Waals surface area contributed by atoms with Gasteiger partial charge in [-0.3, -0.25) is 0 Å². The molecule has 1 aliphatic rings. The molecule has 0 aliphatic carbocycles. The third-order valence-corrected chi connectivity index (χ3v) is 2.87. The van der Waals surface area contributed by atoms with E-state index >= 15 is 0 Å². The monoisotopic (exact) mass is 250 g/mol. The number of likely N-dealkylation sites (N-methyl/N-ethyl adjacent to an activating group) is 1. The van der Waals surface area contributed by atoms with Gasteiger partial charge in [0.05, 0.1) is 0 Å². The Balaban J connectivity index is 0.000000659. The number of hydrogen-bond acceptors (Lipinski definition) is 2. The third kappa shape index (κ3) is 5.54. The number of rotatable bonds is 1. The first-order valence-electron chi connectivity index (χ1n) is 7.26. The minimum absolute atomic E-state index is 1.15. The normalized spacial score (nSPS) is 15.1. The van der Waals surface area contributed by atoms with E-state index < -0.39 is 0 Å². The molecule has 0 unspecified atom stereocenters. The molecule has 0 N–H and O–H groups in total. The summed E-state index contributed by atoms with van der Waals surface area (Å²) in [6.45, 7) is 14.8. The van der Waals surface area contributed by atoms with Gasteiger partial charge in [0.2, 0.25) is 0 Å². The molecule has 2 rings (SSSR count). The number of aryl methyl sites for hydroxylation is 1. The van der Waals surface area contributed by atoms with Gasteiger partial charge in [0.1, 0.15) is 0 Å². The first kappa shape index (κ1) is 17.0. The van der Waals surface area contributed by atoms with Crippen molar-refractivity contribution in [2.24, 2.45) is 0 Å². The predicted octanol–water partition coefficient (Wildman–Crippen LogP) is 3.80. The van der Waals surface area contributed by atoms with Crippen LogP contribution in [0, 0.1) is 6.92 Å². The van der Waals surface area contributed by atoms with Crippen LogP contribution in [-0.2, 0) is 0 Å². The molecule has 0 spiro atoms. The Kier molecular flexibility index (Phi) is 9.39. The molecule has 1 aromatic rings. The average molecular weight is 250 g/mol. The van der Waals surface area contributed by atoms with Crippen LogP contribution in [0.1, 0.15) is 33.3 Å². The van der Waals surface area contributed by atoms with Crippen LogP contribution >= 0.6 is 0 Å². The average Bonchev–Trinajstić information content (AvgIpc) is 2.44. The van der Waals surface area contributed by atoms with E-state index in [9.17, 15) is 0 Å². The van der Waals surface area contributed by atoms with Crippen molar-refractivity contribution in [1.82, 2.24) is 4.90 Å². The van der Waals surface area contributed by atoms with Crippen LogP contribution in [0.2, 0.25) is 0 Å². The summed E-state index contributed by atoms with van der Waals surface area (Å²) in [5, 5.41) is 0. The van der Waals surface area contributed by atoms with Gasteiger partial charge in [-0.1, -0.05) is 39.8 Å². The largest absolute Gasteiger partial charge is 0.369 e. The zero-order valence-electron chi connectivity index (χ0n) is 13.0. The summed E-state index contributed by atoms with van der Waals surface area (Å²) in [5.74, 6) is 0. The summed E-state index contributed by atoms with van der Waals surface area (Å²) < 4.78 is 0. The maximum atomic E-state index is 2.47. The van der Waals surface area contributed by atoms with Crippen LogP contribution in [-0.4, -0.2) is 38.1 Å². The molecule has 2 nitrogen and oxygen atoms in total. The molecular weight excluding hydrogens is 220 g/mol. The molecule has 2 heteroatoms. The lowest BCUT2D eigenvalue weighted by Crippen LogP contribution is -2.44. The van der Waals surface area contributed by atoms with Crippen LogP contribution < -0.4 is 4.90 Å². The Morgan fingerprint density at radius 3 is 1.94 bits per heavy atom. The smallest absolute Gasteiger partial charge is 0.0369 e. The van der Waals surface area contributed by atoms with Crippen molar-refractivity contribution in [3.8, 4) is 0 Å². The third-order valence-electron chi connectivity index (χ3n) is 2.87. The number of hydrogen-bond donors (Lipinski definition) is 0. The Morgan fingerprint density at radius 2 is 1.44 bits per heavy atom. The molecule has 0 saturated carbocycles. The summed E-state index contributed by atoms with van der Waals surface area (Å²) in [5.41, 5.74) is 2.72. The maximum absolute atomic E-state index is 2.47. The highest BCUT2D eigenvalue weighted by atomic mass is 15.2. The Morgan fingerprint density at radius 1 is 0.889 bits per heavy atom. The fraction of sp³-hybridized carbons (Fsp3) is 0.625. The molecule has 0 bridgehead atoms. The Labute approximate surface area is 114 Å². The van der Waals surface area contributed by atoms with Crippen LogP contribution in [0.5, 0.6) is 0 Å². The molecule has 1 saturated heterocycles. The van der Waals surface area contributed by atoms with Gasteiger partial charge >= 0.3 is 0 Å². The van der Waals surface area contributed by atoms with E-state index in [1.807, 2.05) is 27.7 Å². The standard InChI is InChI=1S/C12H18N2.2C2H6/c1-11-4-3-5-12(10-11)14-8-6-13(2)7-9-14;2*1-2/h3-5,10H,6-9H2,1-2H3;2*1-2H3. The molecule has 104 valence electrons. The molecule has 1 aromatic carbocycles. The highest BCUT2D eigenvalue weighted by Gasteiger charge is 2.13. The minimum Gasteiger partial charge on any atom is -0.369 e. The highest BCUT2D eigenvalue weighted by molar-refractivity contribution is 5.48. The van der Waals surface area contributed by atoms with Crippen molar-refractivity contribution in [2.45, 2.75) is 34.6 Å². The predicted molar refractivity (Wildman–Crippen MR) is 83.6 cm³/mol. The van der Waals surface area contributed by atoms with Crippen molar-refractivity contribution in [2.75, 3.05) is 38.1 Å². The van der Waals surface area contributed by atoms with Crippen LogP contribution in [0.3, 0.4) is 0 Å². The Bertz CT molecular complexity index is 302. The van der Waals surface area contributed by atoms with E-state index in [1.54, 1.807) is 0 Å². The summed E-state index contributed by atoms with van der Waals surface area (Å²) in [4.78, 5) is 4.85. The van der Waals surface area contributed by atoms with Crippen LogP contribution in [0.4, 0.5) is 5.69 Å². The van der Waals surface area contributed by atoms with Gasteiger partial charge in [0.25, 0.3) is 0 Å². The number of anilines is 1. The van der Waals surface area contributed by atoms with Gasteiger partial charge in [-0.2, -0.15) is 0 Å². The van der Waals surface area contributed by atoms with Crippen LogP contribution in [0.15, 0.2) is 24.3 Å². The van der Waals surface area contributed by atoms with E-state index in [4.69, 9.17) is 0 Å². The lowest BCUT2D eigenvalue weighted by Gasteiger charge is -2.34. The summed E-state index contributed by atoms with van der Waals surface area (Å²) in [7, 11) is 2.19. The van der Waals surface area contributed by atoms with Gasteiger partial charge in [0.15, 0.2) is 0 Å². The number of piperazine rings is 1. The number of benzene rings is 1. The van der Waals surface area contributed by atoms with Crippen molar-refractivity contribution in [3.63, 3.8) is 0 Å². The quantitative estimate of drug-likeness (QED) is 0.748. The fourth-order valence-corrected chi connectivity index (χ4v) is 1.89. The molecule has 1 fully saturated rings. The molecule has 0 atom stereocenters. The summed E-state index contributed by atoms with van der Waals surface area (Å²) in [6.07, 6.45) is 0. The lowest BCUT2D eigenvalue weighted by atomic mass is 10.2. The number of nitrogens with zero attached hydrogens (tertiary/aromatic N) is 2.